The van der Waals surface area contributed by atoms with E-state index in [1.54, 1.807) is 20.4 Å². The van der Waals surface area contributed by atoms with E-state index in [0.717, 1.165) is 31.7 Å². The van der Waals surface area contributed by atoms with Crippen molar-refractivity contribution in [2.75, 3.05) is 34.0 Å². The van der Waals surface area contributed by atoms with Gasteiger partial charge in [0, 0.05) is 19.9 Å². The van der Waals surface area contributed by atoms with Crippen LogP contribution in [-0.4, -0.2) is 54.0 Å². The summed E-state index contributed by atoms with van der Waals surface area (Å²) in [7, 11) is 3.31. The molecule has 1 aliphatic heterocycles. The molecular weight excluding hydrogens is 384 g/mol. The summed E-state index contributed by atoms with van der Waals surface area (Å²) in [5.74, 6) is 2.45. The third kappa shape index (κ3) is 4.60. The third-order valence-electron chi connectivity index (χ3n) is 5.17. The SMILES string of the molecule is COCCOc1ncccc1-c1noc([C@@H]2CCCN2Cc2ccc(OC)cc2)n1. The Morgan fingerprint density at radius 3 is 2.80 bits per heavy atom. The van der Waals surface area contributed by atoms with Gasteiger partial charge >= 0.3 is 0 Å². The van der Waals surface area contributed by atoms with E-state index in [9.17, 15) is 0 Å². The molecule has 3 heterocycles. The summed E-state index contributed by atoms with van der Waals surface area (Å²) >= 11 is 0. The lowest BCUT2D eigenvalue weighted by molar-refractivity contribution is 0.144. The lowest BCUT2D eigenvalue weighted by Crippen LogP contribution is -2.23. The van der Waals surface area contributed by atoms with Crippen molar-refractivity contribution < 1.29 is 18.7 Å². The number of benzene rings is 1. The molecule has 1 aromatic carbocycles. The zero-order chi connectivity index (χ0) is 20.8. The Morgan fingerprint density at radius 2 is 2.00 bits per heavy atom. The van der Waals surface area contributed by atoms with Crippen molar-refractivity contribution in [1.29, 1.82) is 0 Å². The molecule has 8 nitrogen and oxygen atoms in total. The first kappa shape index (κ1) is 20.3. The number of nitrogens with zero attached hydrogens (tertiary/aromatic N) is 4. The molecule has 158 valence electrons. The normalized spacial score (nSPS) is 16.7. The van der Waals surface area contributed by atoms with Gasteiger partial charge in [-0.25, -0.2) is 4.98 Å². The second kappa shape index (κ2) is 9.69. The van der Waals surface area contributed by atoms with Crippen LogP contribution in [0.3, 0.4) is 0 Å². The molecule has 30 heavy (non-hydrogen) atoms. The maximum atomic E-state index is 5.71. The van der Waals surface area contributed by atoms with Gasteiger partial charge in [-0.3, -0.25) is 4.90 Å². The van der Waals surface area contributed by atoms with E-state index in [1.165, 1.54) is 5.56 Å². The van der Waals surface area contributed by atoms with E-state index < -0.39 is 0 Å². The molecule has 4 rings (SSSR count). The Hall–Kier alpha value is -2.97. The van der Waals surface area contributed by atoms with Crippen molar-refractivity contribution in [2.45, 2.75) is 25.4 Å². The van der Waals surface area contributed by atoms with Crippen LogP contribution < -0.4 is 9.47 Å². The molecule has 8 heteroatoms. The standard InChI is InChI=1S/C22H26N4O4/c1-27-13-14-29-21-18(5-3-11-23-21)20-24-22(30-25-20)19-6-4-12-26(19)15-16-7-9-17(28-2)10-8-16/h3,5,7-11,19H,4,6,12-15H2,1-2H3/t19-/m0/s1. The molecule has 3 aromatic rings. The summed E-state index contributed by atoms with van der Waals surface area (Å²) in [6.07, 6.45) is 3.76. The molecule has 0 bridgehead atoms. The number of ether oxygens (including phenoxy) is 3. The number of hydrogen-bond donors (Lipinski definition) is 0. The monoisotopic (exact) mass is 410 g/mol. The second-order valence-corrected chi connectivity index (χ2v) is 7.13. The van der Waals surface area contributed by atoms with Gasteiger partial charge < -0.3 is 18.7 Å². The smallest absolute Gasteiger partial charge is 0.244 e. The van der Waals surface area contributed by atoms with Gasteiger partial charge in [0.15, 0.2) is 0 Å². The molecule has 2 aromatic heterocycles. The van der Waals surface area contributed by atoms with Gasteiger partial charge in [-0.2, -0.15) is 4.98 Å². The van der Waals surface area contributed by atoms with Crippen LogP contribution in [0, 0.1) is 0 Å². The lowest BCUT2D eigenvalue weighted by atomic mass is 10.1. The Balaban J connectivity index is 1.49. The Labute approximate surface area is 175 Å². The summed E-state index contributed by atoms with van der Waals surface area (Å²) in [6.45, 7) is 2.71. The fourth-order valence-electron chi connectivity index (χ4n) is 3.64. The minimum Gasteiger partial charge on any atom is -0.497 e. The highest BCUT2D eigenvalue weighted by Gasteiger charge is 2.31. The van der Waals surface area contributed by atoms with Crippen LogP contribution in [0.15, 0.2) is 47.1 Å². The number of rotatable bonds is 9. The van der Waals surface area contributed by atoms with Gasteiger partial charge in [0.05, 0.1) is 25.3 Å². The van der Waals surface area contributed by atoms with Crippen molar-refractivity contribution in [3.05, 3.63) is 54.0 Å². The molecule has 0 amide bonds. The molecule has 0 aliphatic carbocycles. The molecule has 1 fully saturated rings. The maximum Gasteiger partial charge on any atom is 0.244 e. The van der Waals surface area contributed by atoms with E-state index in [1.807, 2.05) is 24.3 Å². The van der Waals surface area contributed by atoms with Gasteiger partial charge in [0.2, 0.25) is 17.6 Å². The minimum atomic E-state index is 0.0999. The van der Waals surface area contributed by atoms with Gasteiger partial charge in [0.25, 0.3) is 0 Å². The molecule has 0 saturated carbocycles. The Bertz CT molecular complexity index is 944. The first-order valence-corrected chi connectivity index (χ1v) is 10.1. The molecule has 1 atom stereocenters. The lowest BCUT2D eigenvalue weighted by Gasteiger charge is -2.21. The van der Waals surface area contributed by atoms with E-state index in [4.69, 9.17) is 18.7 Å². The van der Waals surface area contributed by atoms with E-state index >= 15 is 0 Å². The molecule has 1 saturated heterocycles. The van der Waals surface area contributed by atoms with Gasteiger partial charge in [-0.15, -0.1) is 0 Å². The van der Waals surface area contributed by atoms with Crippen molar-refractivity contribution >= 4 is 0 Å². The summed E-state index contributed by atoms with van der Waals surface area (Å²) in [4.78, 5) is 11.4. The van der Waals surface area contributed by atoms with Crippen LogP contribution in [0.2, 0.25) is 0 Å². The first-order valence-electron chi connectivity index (χ1n) is 10.1. The number of methoxy groups -OCH3 is 2. The van der Waals surface area contributed by atoms with Crippen molar-refractivity contribution in [3.8, 4) is 23.0 Å². The quantitative estimate of drug-likeness (QED) is 0.496. The summed E-state index contributed by atoms with van der Waals surface area (Å²) in [5.41, 5.74) is 1.94. The number of likely N-dealkylation sites (tertiary alicyclic amines) is 1. The maximum absolute atomic E-state index is 5.71. The predicted octanol–water partition coefficient (Wildman–Crippen LogP) is 3.50. The largest absolute Gasteiger partial charge is 0.497 e. The number of pyridine rings is 1. The highest BCUT2D eigenvalue weighted by molar-refractivity contribution is 5.60. The fourth-order valence-corrected chi connectivity index (χ4v) is 3.64. The number of hydrogen-bond acceptors (Lipinski definition) is 8. The van der Waals surface area contributed by atoms with Crippen LogP contribution >= 0.6 is 0 Å². The molecule has 0 N–H and O–H groups in total. The van der Waals surface area contributed by atoms with Crippen LogP contribution in [0.4, 0.5) is 0 Å². The zero-order valence-corrected chi connectivity index (χ0v) is 17.3. The molecule has 1 aliphatic rings. The second-order valence-electron chi connectivity index (χ2n) is 7.13. The molecule has 0 spiro atoms. The van der Waals surface area contributed by atoms with Crippen LogP contribution in [0.25, 0.3) is 11.4 Å². The van der Waals surface area contributed by atoms with Gasteiger partial charge in [0.1, 0.15) is 12.4 Å². The van der Waals surface area contributed by atoms with Crippen molar-refractivity contribution in [3.63, 3.8) is 0 Å². The number of aromatic nitrogens is 3. The first-order chi connectivity index (χ1) is 14.8. The summed E-state index contributed by atoms with van der Waals surface area (Å²) in [5, 5.41) is 4.20. The van der Waals surface area contributed by atoms with Crippen LogP contribution in [-0.2, 0) is 11.3 Å². The van der Waals surface area contributed by atoms with Crippen molar-refractivity contribution in [2.24, 2.45) is 0 Å². The molecule has 0 unspecified atom stereocenters. The predicted molar refractivity (Wildman–Crippen MR) is 110 cm³/mol. The average Bonchev–Trinajstić information content (AvgIpc) is 3.44. The van der Waals surface area contributed by atoms with Crippen LogP contribution in [0.5, 0.6) is 11.6 Å². The van der Waals surface area contributed by atoms with Crippen molar-refractivity contribution in [1.82, 2.24) is 20.0 Å². The van der Waals surface area contributed by atoms with Gasteiger partial charge in [-0.05, 0) is 49.2 Å². The highest BCUT2D eigenvalue weighted by Crippen LogP contribution is 2.34. The minimum absolute atomic E-state index is 0.0999. The topological polar surface area (TPSA) is 82.7 Å². The van der Waals surface area contributed by atoms with E-state index in [2.05, 4.69) is 32.2 Å². The van der Waals surface area contributed by atoms with E-state index in [-0.39, 0.29) is 6.04 Å². The highest BCUT2D eigenvalue weighted by atomic mass is 16.5. The Kier molecular flexibility index (Phi) is 6.56. The van der Waals surface area contributed by atoms with Gasteiger partial charge in [-0.1, -0.05) is 17.3 Å². The molecule has 0 radical (unpaired) electrons. The fraction of sp³-hybridized carbons (Fsp3) is 0.409. The summed E-state index contributed by atoms with van der Waals surface area (Å²) < 4.78 is 21.6. The zero-order valence-electron chi connectivity index (χ0n) is 17.3. The Morgan fingerprint density at radius 1 is 1.13 bits per heavy atom. The third-order valence-corrected chi connectivity index (χ3v) is 5.17. The average molecular weight is 410 g/mol. The van der Waals surface area contributed by atoms with Crippen LogP contribution in [0.1, 0.15) is 30.3 Å². The molecular formula is C22H26N4O4. The summed E-state index contributed by atoms with van der Waals surface area (Å²) in [6, 6.07) is 12.0. The van der Waals surface area contributed by atoms with E-state index in [0.29, 0.717) is 36.4 Å².